The number of amides is 1. The smallest absolute Gasteiger partial charge is 0.237 e. The minimum Gasteiger partial charge on any atom is -0.508 e. The Morgan fingerprint density at radius 2 is 1.88 bits per heavy atom. The van der Waals surface area contributed by atoms with Gasteiger partial charge in [-0.1, -0.05) is 32.1 Å². The van der Waals surface area contributed by atoms with Crippen LogP contribution in [-0.2, 0) is 9.59 Å². The molecule has 134 valence electrons. The molecule has 0 fully saturated rings. The summed E-state index contributed by atoms with van der Waals surface area (Å²) in [5, 5.41) is 20.7. The van der Waals surface area contributed by atoms with Crippen LogP contribution in [0.15, 0.2) is 30.3 Å². The van der Waals surface area contributed by atoms with Gasteiger partial charge >= 0.3 is 0 Å². The normalized spacial score (nSPS) is 14.7. The van der Waals surface area contributed by atoms with Crippen molar-refractivity contribution >= 4 is 17.8 Å². The lowest BCUT2D eigenvalue weighted by Crippen LogP contribution is -2.51. The lowest BCUT2D eigenvalue weighted by atomic mass is 10.0. The molecule has 25 heavy (non-hydrogen) atoms. The van der Waals surface area contributed by atoms with Gasteiger partial charge in [0.2, 0.25) is 5.91 Å². The van der Waals surface area contributed by atoms with Gasteiger partial charge in [0.05, 0.1) is 24.2 Å². The molecule has 1 aromatic rings. The number of aromatic hydroxyl groups is 1. The topological polar surface area (TPSA) is 142 Å². The van der Waals surface area contributed by atoms with Crippen LogP contribution >= 0.6 is 0 Å². The first-order chi connectivity index (χ1) is 11.7. The molecular weight excluding hydrogens is 320 g/mol. The molecule has 0 saturated heterocycles. The van der Waals surface area contributed by atoms with Crippen LogP contribution in [0.4, 0.5) is 0 Å². The zero-order valence-electron chi connectivity index (χ0n) is 14.3. The third-order valence-electron chi connectivity index (χ3n) is 3.67. The number of carbonyl (C=O) groups is 2. The summed E-state index contributed by atoms with van der Waals surface area (Å²) in [6, 6.07) is 5.55. The van der Waals surface area contributed by atoms with Crippen molar-refractivity contribution in [1.29, 1.82) is 5.26 Å². The Kier molecular flexibility index (Phi) is 7.79. The number of nitrogens with one attached hydrogen (secondary N) is 1. The van der Waals surface area contributed by atoms with E-state index in [-0.39, 0.29) is 23.9 Å². The fourth-order valence-electron chi connectivity index (χ4n) is 2.00. The van der Waals surface area contributed by atoms with E-state index in [0.717, 1.165) is 0 Å². The molecule has 3 atom stereocenters. The van der Waals surface area contributed by atoms with E-state index in [4.69, 9.17) is 16.7 Å². The number of hydrogen-bond acceptors (Lipinski definition) is 6. The number of hydrogen-bond donors (Lipinski definition) is 4. The maximum Gasteiger partial charge on any atom is 0.237 e. The van der Waals surface area contributed by atoms with Crippen LogP contribution in [0, 0.1) is 17.2 Å². The first-order valence-corrected chi connectivity index (χ1v) is 7.96. The molecule has 1 rings (SSSR count). The fraction of sp³-hybridized carbons (Fsp3) is 0.389. The molecule has 1 amide bonds. The molecule has 1 aromatic carbocycles. The van der Waals surface area contributed by atoms with Gasteiger partial charge in [-0.25, -0.2) is 0 Å². The van der Waals surface area contributed by atoms with Crippen molar-refractivity contribution in [3.63, 3.8) is 0 Å². The van der Waals surface area contributed by atoms with Crippen LogP contribution in [0.25, 0.3) is 6.08 Å². The van der Waals surface area contributed by atoms with E-state index in [0.29, 0.717) is 5.56 Å². The largest absolute Gasteiger partial charge is 0.508 e. The summed E-state index contributed by atoms with van der Waals surface area (Å²) in [6.07, 6.45) is 2.86. The van der Waals surface area contributed by atoms with Crippen LogP contribution < -0.4 is 16.8 Å². The fourth-order valence-corrected chi connectivity index (χ4v) is 2.00. The minimum atomic E-state index is -0.930. The van der Waals surface area contributed by atoms with Crippen LogP contribution in [0.1, 0.15) is 25.8 Å². The molecule has 0 saturated carbocycles. The third-order valence-corrected chi connectivity index (χ3v) is 3.67. The molecule has 0 aliphatic rings. The molecule has 0 bridgehead atoms. The van der Waals surface area contributed by atoms with E-state index in [1.54, 1.807) is 32.1 Å². The highest BCUT2D eigenvalue weighted by molar-refractivity contribution is 6.00. The number of nitrogens with zero attached hydrogens (tertiary/aromatic N) is 1. The highest BCUT2D eigenvalue weighted by Gasteiger charge is 2.25. The highest BCUT2D eigenvalue weighted by Crippen LogP contribution is 2.11. The van der Waals surface area contributed by atoms with Crippen molar-refractivity contribution in [3.05, 3.63) is 35.9 Å². The van der Waals surface area contributed by atoms with Crippen molar-refractivity contribution in [2.45, 2.75) is 38.4 Å². The lowest BCUT2D eigenvalue weighted by Gasteiger charge is -2.21. The summed E-state index contributed by atoms with van der Waals surface area (Å²) in [5.41, 5.74) is 12.1. The van der Waals surface area contributed by atoms with E-state index in [2.05, 4.69) is 5.32 Å². The number of phenolic OH excluding ortho intramolecular Hbond substituents is 1. The molecule has 0 radical (unpaired) electrons. The van der Waals surface area contributed by atoms with Crippen LogP contribution in [0.2, 0.25) is 0 Å². The molecule has 7 heteroatoms. The second-order valence-corrected chi connectivity index (χ2v) is 6.13. The van der Waals surface area contributed by atoms with Crippen molar-refractivity contribution in [1.82, 2.24) is 5.32 Å². The quantitative estimate of drug-likeness (QED) is 0.511. The zero-order valence-corrected chi connectivity index (χ0v) is 14.3. The van der Waals surface area contributed by atoms with Gasteiger partial charge in [-0.05, 0) is 29.7 Å². The monoisotopic (exact) mass is 344 g/mol. The van der Waals surface area contributed by atoms with Gasteiger partial charge in [-0.2, -0.15) is 5.26 Å². The maximum absolute atomic E-state index is 12.4. The van der Waals surface area contributed by atoms with E-state index in [9.17, 15) is 14.7 Å². The lowest BCUT2D eigenvalue weighted by molar-refractivity contribution is -0.127. The van der Waals surface area contributed by atoms with E-state index < -0.39 is 24.0 Å². The van der Waals surface area contributed by atoms with Crippen LogP contribution in [0.5, 0.6) is 5.75 Å². The van der Waals surface area contributed by atoms with E-state index in [1.165, 1.54) is 18.2 Å². The van der Waals surface area contributed by atoms with Crippen molar-refractivity contribution in [2.24, 2.45) is 17.4 Å². The van der Waals surface area contributed by atoms with Crippen LogP contribution in [0.3, 0.4) is 0 Å². The molecule has 0 aromatic heterocycles. The van der Waals surface area contributed by atoms with E-state index >= 15 is 0 Å². The van der Waals surface area contributed by atoms with Gasteiger partial charge in [0.15, 0.2) is 5.78 Å². The number of carbonyl (C=O) groups excluding carboxylic acids is 2. The molecule has 0 heterocycles. The summed E-state index contributed by atoms with van der Waals surface area (Å²) < 4.78 is 0. The number of nitrogens with two attached hydrogens (primary N) is 2. The van der Waals surface area contributed by atoms with Gasteiger partial charge in [-0.3, -0.25) is 9.59 Å². The predicted molar refractivity (Wildman–Crippen MR) is 95.1 cm³/mol. The van der Waals surface area contributed by atoms with Crippen molar-refractivity contribution in [3.8, 4) is 11.8 Å². The summed E-state index contributed by atoms with van der Waals surface area (Å²) in [4.78, 5) is 24.5. The van der Waals surface area contributed by atoms with Gasteiger partial charge < -0.3 is 21.9 Å². The molecule has 7 nitrogen and oxygen atoms in total. The Labute approximate surface area is 147 Å². The molecule has 0 aliphatic carbocycles. The summed E-state index contributed by atoms with van der Waals surface area (Å²) >= 11 is 0. The first kappa shape index (κ1) is 20.4. The number of rotatable bonds is 8. The number of benzene rings is 1. The number of phenols is 1. The van der Waals surface area contributed by atoms with Crippen molar-refractivity contribution < 1.29 is 14.7 Å². The standard InChI is InChI=1S/C18H24N4O3/c1-11(2)17(21)18(25)22-15(9-13(20)10-19)16(24)8-5-12-3-6-14(23)7-4-12/h3-8,11,13,15,17,23H,9,20-21H2,1-2H3,(H,22,25)/b8-5+/t13?,15?,17-/m0/s1. The minimum absolute atomic E-state index is 0.00813. The summed E-state index contributed by atoms with van der Waals surface area (Å²) in [7, 11) is 0. The molecule has 0 aliphatic heterocycles. The Balaban J connectivity index is 2.87. The Morgan fingerprint density at radius 1 is 1.28 bits per heavy atom. The summed E-state index contributed by atoms with van der Waals surface area (Å²) in [5.74, 6) is -0.816. The van der Waals surface area contributed by atoms with Gasteiger partial charge in [-0.15, -0.1) is 0 Å². The Hall–Kier alpha value is -2.69. The predicted octanol–water partition coefficient (Wildman–Crippen LogP) is 0.684. The van der Waals surface area contributed by atoms with Gasteiger partial charge in [0, 0.05) is 6.42 Å². The third kappa shape index (κ3) is 6.75. The van der Waals surface area contributed by atoms with Gasteiger partial charge in [0.1, 0.15) is 5.75 Å². The molecule has 0 spiro atoms. The van der Waals surface area contributed by atoms with Gasteiger partial charge in [0.25, 0.3) is 0 Å². The Bertz CT molecular complexity index is 662. The number of nitriles is 1. The average Bonchev–Trinajstić information content (AvgIpc) is 2.59. The zero-order chi connectivity index (χ0) is 19.0. The van der Waals surface area contributed by atoms with E-state index in [1.807, 2.05) is 6.07 Å². The Morgan fingerprint density at radius 3 is 2.40 bits per heavy atom. The first-order valence-electron chi connectivity index (χ1n) is 7.96. The SMILES string of the molecule is CC(C)[C@H](N)C(=O)NC(CC(N)C#N)C(=O)/C=C/c1ccc(O)cc1. The second-order valence-electron chi connectivity index (χ2n) is 6.13. The second kappa shape index (κ2) is 9.57. The van der Waals surface area contributed by atoms with Crippen molar-refractivity contribution in [2.75, 3.05) is 0 Å². The maximum atomic E-state index is 12.4. The summed E-state index contributed by atoms with van der Waals surface area (Å²) in [6.45, 7) is 3.60. The highest BCUT2D eigenvalue weighted by atomic mass is 16.3. The average molecular weight is 344 g/mol. The molecule has 6 N–H and O–H groups in total. The van der Waals surface area contributed by atoms with Crippen LogP contribution in [-0.4, -0.2) is 34.9 Å². The number of ketones is 1. The molecule has 2 unspecified atom stereocenters. The molecular formula is C18H24N4O3.